The highest BCUT2D eigenvalue weighted by Crippen LogP contribution is 2.24. The van der Waals surface area contributed by atoms with E-state index in [-0.39, 0.29) is 0 Å². The summed E-state index contributed by atoms with van der Waals surface area (Å²) in [5.41, 5.74) is 0. The van der Waals surface area contributed by atoms with Crippen molar-refractivity contribution >= 4 is 23.7 Å². The first-order valence-corrected chi connectivity index (χ1v) is 7.47. The molecule has 0 saturated carbocycles. The highest BCUT2D eigenvalue weighted by molar-refractivity contribution is 7.99. The number of hydrogen-bond acceptors (Lipinski definition) is 4. The number of likely N-dealkylation sites (tertiary alicyclic amines) is 1. The summed E-state index contributed by atoms with van der Waals surface area (Å²) in [6.07, 6.45) is 1.47. The van der Waals surface area contributed by atoms with Gasteiger partial charge in [-0.3, -0.25) is 9.59 Å². The van der Waals surface area contributed by atoms with Crippen LogP contribution in [0.3, 0.4) is 0 Å². The average Bonchev–Trinajstić information content (AvgIpc) is 2.34. The molecular weight excluding hydrogens is 254 g/mol. The lowest BCUT2D eigenvalue weighted by Gasteiger charge is -2.34. The van der Waals surface area contributed by atoms with E-state index in [1.54, 1.807) is 0 Å². The van der Waals surface area contributed by atoms with Gasteiger partial charge in [0.2, 0.25) is 0 Å². The van der Waals surface area contributed by atoms with Crippen molar-refractivity contribution < 1.29 is 19.8 Å². The molecule has 2 atom stereocenters. The van der Waals surface area contributed by atoms with Crippen molar-refractivity contribution in [2.24, 2.45) is 11.8 Å². The van der Waals surface area contributed by atoms with E-state index in [9.17, 15) is 9.59 Å². The number of carboxylic acid groups (broad SMARTS) is 2. The average molecular weight is 275 g/mol. The van der Waals surface area contributed by atoms with Crippen LogP contribution in [0, 0.1) is 11.8 Å². The first-order chi connectivity index (χ1) is 8.56. The van der Waals surface area contributed by atoms with Gasteiger partial charge in [-0.2, -0.15) is 11.8 Å². The van der Waals surface area contributed by atoms with Crippen LogP contribution in [-0.2, 0) is 9.59 Å². The predicted octanol–water partition coefficient (Wildman–Crippen LogP) is 1.24. The molecule has 1 heterocycles. The van der Waals surface area contributed by atoms with Crippen molar-refractivity contribution in [1.29, 1.82) is 0 Å². The number of nitrogens with zero attached hydrogens (tertiary/aromatic N) is 1. The molecule has 2 unspecified atom stereocenters. The molecule has 0 bridgehead atoms. The Labute approximate surface area is 112 Å². The van der Waals surface area contributed by atoms with Gasteiger partial charge in [-0.15, -0.1) is 0 Å². The normalized spacial score (nSPS) is 24.9. The number of thioether (sulfide) groups is 1. The van der Waals surface area contributed by atoms with Crippen LogP contribution >= 0.6 is 11.8 Å². The zero-order chi connectivity index (χ0) is 13.5. The third-order valence-electron chi connectivity index (χ3n) is 3.30. The van der Waals surface area contributed by atoms with Crippen LogP contribution in [0.1, 0.15) is 19.8 Å². The zero-order valence-electron chi connectivity index (χ0n) is 10.7. The van der Waals surface area contributed by atoms with Gasteiger partial charge in [0.1, 0.15) is 0 Å². The Morgan fingerprint density at radius 1 is 1.28 bits per heavy atom. The second-order valence-corrected chi connectivity index (χ2v) is 5.92. The van der Waals surface area contributed by atoms with Gasteiger partial charge in [-0.05, 0) is 37.4 Å². The Hall–Kier alpha value is -0.750. The van der Waals surface area contributed by atoms with E-state index in [2.05, 4.69) is 11.8 Å². The van der Waals surface area contributed by atoms with E-state index in [0.717, 1.165) is 24.5 Å². The van der Waals surface area contributed by atoms with Crippen molar-refractivity contribution in [3.8, 4) is 0 Å². The molecule has 0 aliphatic carbocycles. The molecule has 18 heavy (non-hydrogen) atoms. The van der Waals surface area contributed by atoms with Crippen molar-refractivity contribution in [2.75, 3.05) is 31.1 Å². The Morgan fingerprint density at radius 2 is 1.94 bits per heavy atom. The second kappa shape index (κ2) is 7.63. The number of carbonyl (C=O) groups is 2. The van der Waals surface area contributed by atoms with Crippen molar-refractivity contribution in [1.82, 2.24) is 4.90 Å². The number of rotatable bonds is 7. The minimum absolute atomic E-state index is 0.364. The molecule has 1 fully saturated rings. The molecule has 1 rings (SSSR count). The molecule has 1 aliphatic rings. The summed E-state index contributed by atoms with van der Waals surface area (Å²) >= 11 is 1.87. The van der Waals surface area contributed by atoms with Crippen LogP contribution < -0.4 is 0 Å². The molecule has 0 radical (unpaired) electrons. The summed E-state index contributed by atoms with van der Waals surface area (Å²) in [7, 11) is 0. The maximum Gasteiger partial charge on any atom is 0.308 e. The van der Waals surface area contributed by atoms with E-state index >= 15 is 0 Å². The molecule has 1 aliphatic heterocycles. The van der Waals surface area contributed by atoms with Gasteiger partial charge < -0.3 is 15.1 Å². The minimum atomic E-state index is -0.991. The largest absolute Gasteiger partial charge is 0.481 e. The summed E-state index contributed by atoms with van der Waals surface area (Å²) in [5, 5.41) is 18.1. The number of carboxylic acids is 2. The van der Waals surface area contributed by atoms with Crippen LogP contribution in [0.25, 0.3) is 0 Å². The third-order valence-corrected chi connectivity index (χ3v) is 4.28. The fraction of sp³-hybridized carbons (Fsp3) is 0.833. The lowest BCUT2D eigenvalue weighted by atomic mass is 9.85. The molecule has 104 valence electrons. The van der Waals surface area contributed by atoms with Crippen molar-refractivity contribution in [2.45, 2.75) is 19.8 Å². The van der Waals surface area contributed by atoms with E-state index in [1.807, 2.05) is 11.8 Å². The van der Waals surface area contributed by atoms with Gasteiger partial charge in [-0.25, -0.2) is 0 Å². The van der Waals surface area contributed by atoms with Crippen molar-refractivity contribution in [3.63, 3.8) is 0 Å². The van der Waals surface area contributed by atoms with Gasteiger partial charge in [0, 0.05) is 6.54 Å². The molecule has 0 aromatic carbocycles. The lowest BCUT2D eigenvalue weighted by molar-refractivity contribution is -0.157. The molecule has 2 N–H and O–H groups in total. The quantitative estimate of drug-likeness (QED) is 0.681. The highest BCUT2D eigenvalue weighted by atomic mass is 32.2. The van der Waals surface area contributed by atoms with E-state index in [0.29, 0.717) is 19.5 Å². The van der Waals surface area contributed by atoms with Crippen molar-refractivity contribution in [3.05, 3.63) is 0 Å². The standard InChI is InChI=1S/C12H21NO4S/c1-2-18-7-3-5-13-6-4-9(11(14)15)10(8-13)12(16)17/h9-10H,2-8H2,1H3,(H,14,15)(H,16,17). The summed E-state index contributed by atoms with van der Waals surface area (Å²) in [6.45, 7) is 4.03. The molecule has 5 nitrogen and oxygen atoms in total. The predicted molar refractivity (Wildman–Crippen MR) is 70.9 cm³/mol. The summed E-state index contributed by atoms with van der Waals surface area (Å²) in [6, 6.07) is 0. The highest BCUT2D eigenvalue weighted by Gasteiger charge is 2.38. The number of hydrogen-bond donors (Lipinski definition) is 2. The summed E-state index contributed by atoms with van der Waals surface area (Å²) in [4.78, 5) is 24.2. The molecule has 1 saturated heterocycles. The molecule has 0 spiro atoms. The van der Waals surface area contributed by atoms with Gasteiger partial charge in [0.15, 0.2) is 0 Å². The smallest absolute Gasteiger partial charge is 0.308 e. The molecular formula is C12H21NO4S. The van der Waals surface area contributed by atoms with E-state index < -0.39 is 23.8 Å². The van der Waals surface area contributed by atoms with Crippen LogP contribution in [-0.4, -0.2) is 58.2 Å². The lowest BCUT2D eigenvalue weighted by Crippen LogP contribution is -2.46. The zero-order valence-corrected chi connectivity index (χ0v) is 11.5. The topological polar surface area (TPSA) is 77.8 Å². The Kier molecular flexibility index (Phi) is 6.49. The van der Waals surface area contributed by atoms with Gasteiger partial charge in [0.05, 0.1) is 11.8 Å². The van der Waals surface area contributed by atoms with Crippen LogP contribution in [0.4, 0.5) is 0 Å². The first kappa shape index (κ1) is 15.3. The molecule has 6 heteroatoms. The van der Waals surface area contributed by atoms with Crippen LogP contribution in [0.15, 0.2) is 0 Å². The monoisotopic (exact) mass is 275 g/mol. The Morgan fingerprint density at radius 3 is 2.50 bits per heavy atom. The fourth-order valence-electron chi connectivity index (χ4n) is 2.30. The third kappa shape index (κ3) is 4.49. The minimum Gasteiger partial charge on any atom is -0.481 e. The Bertz CT molecular complexity index is 298. The maximum absolute atomic E-state index is 11.1. The van der Waals surface area contributed by atoms with Crippen LogP contribution in [0.2, 0.25) is 0 Å². The molecule has 0 aromatic rings. The molecule has 0 aromatic heterocycles. The Balaban J connectivity index is 2.42. The summed E-state index contributed by atoms with van der Waals surface area (Å²) < 4.78 is 0. The maximum atomic E-state index is 11.1. The van der Waals surface area contributed by atoms with E-state index in [4.69, 9.17) is 10.2 Å². The number of aliphatic carboxylic acids is 2. The first-order valence-electron chi connectivity index (χ1n) is 6.32. The van der Waals surface area contributed by atoms with E-state index in [1.165, 1.54) is 0 Å². The van der Waals surface area contributed by atoms with Gasteiger partial charge in [-0.1, -0.05) is 6.92 Å². The molecule has 0 amide bonds. The van der Waals surface area contributed by atoms with Crippen LogP contribution in [0.5, 0.6) is 0 Å². The number of piperidine rings is 1. The van der Waals surface area contributed by atoms with Gasteiger partial charge >= 0.3 is 11.9 Å². The second-order valence-electron chi connectivity index (χ2n) is 4.53. The fourth-order valence-corrected chi connectivity index (χ4v) is 2.92. The van der Waals surface area contributed by atoms with Gasteiger partial charge in [0.25, 0.3) is 0 Å². The SMILES string of the molecule is CCSCCCN1CCC(C(=O)O)C(C(=O)O)C1. The summed E-state index contributed by atoms with van der Waals surface area (Å²) in [5.74, 6) is -1.30.